The minimum atomic E-state index is -0.842. The second kappa shape index (κ2) is 13.3. The number of amides is 3. The monoisotopic (exact) mass is 508 g/mol. The van der Waals surface area contributed by atoms with Crippen molar-refractivity contribution >= 4 is 17.6 Å². The molecule has 4 rings (SSSR count). The SMILES string of the molecule is O=C(C[C@H]1CC[C@@H]2[C@H](COC[C@@H](O)CN2C(=O)Nc2cccc(F)c2)O1)NCCCN1CCOCC1. The summed E-state index contributed by atoms with van der Waals surface area (Å²) in [6.45, 7) is 5.30. The van der Waals surface area contributed by atoms with Crippen molar-refractivity contribution in [3.05, 3.63) is 30.1 Å². The number of carbonyl (C=O) groups is 2. The summed E-state index contributed by atoms with van der Waals surface area (Å²) in [4.78, 5) is 29.5. The van der Waals surface area contributed by atoms with Crippen molar-refractivity contribution in [2.24, 2.45) is 0 Å². The second-order valence-electron chi connectivity index (χ2n) is 9.59. The number of hydrogen-bond acceptors (Lipinski definition) is 7. The van der Waals surface area contributed by atoms with Crippen LogP contribution in [0.4, 0.5) is 14.9 Å². The van der Waals surface area contributed by atoms with Crippen LogP contribution in [0.2, 0.25) is 0 Å². The molecule has 0 radical (unpaired) electrons. The molecule has 0 bridgehead atoms. The summed E-state index contributed by atoms with van der Waals surface area (Å²) < 4.78 is 30.7. The number of hydrogen-bond donors (Lipinski definition) is 3. The zero-order chi connectivity index (χ0) is 25.3. The van der Waals surface area contributed by atoms with Crippen molar-refractivity contribution in [3.8, 4) is 0 Å². The molecule has 1 aromatic rings. The molecule has 1 aromatic carbocycles. The number of aliphatic hydroxyl groups is 1. The fourth-order valence-electron chi connectivity index (χ4n) is 4.97. The highest BCUT2D eigenvalue weighted by Crippen LogP contribution is 2.28. The van der Waals surface area contributed by atoms with Gasteiger partial charge in [-0.1, -0.05) is 6.07 Å². The predicted octanol–water partition coefficient (Wildman–Crippen LogP) is 1.20. The molecule has 3 fully saturated rings. The molecule has 3 saturated heterocycles. The molecule has 200 valence electrons. The molecule has 0 aromatic heterocycles. The highest BCUT2D eigenvalue weighted by Gasteiger charge is 2.40. The zero-order valence-corrected chi connectivity index (χ0v) is 20.6. The molecule has 3 N–H and O–H groups in total. The maximum absolute atomic E-state index is 13.6. The first-order valence-corrected chi connectivity index (χ1v) is 12.8. The molecule has 3 aliphatic heterocycles. The Bertz CT molecular complexity index is 871. The van der Waals surface area contributed by atoms with Crippen LogP contribution >= 0.6 is 0 Å². The van der Waals surface area contributed by atoms with Crippen molar-refractivity contribution in [2.75, 3.05) is 64.5 Å². The number of nitrogens with zero attached hydrogens (tertiary/aromatic N) is 2. The van der Waals surface area contributed by atoms with Crippen LogP contribution in [0.3, 0.4) is 0 Å². The van der Waals surface area contributed by atoms with E-state index in [-0.39, 0.29) is 44.2 Å². The van der Waals surface area contributed by atoms with Gasteiger partial charge in [0.1, 0.15) is 11.9 Å². The first-order chi connectivity index (χ1) is 17.5. The number of urea groups is 1. The number of fused-ring (bicyclic) bond motifs is 1. The number of ether oxygens (including phenoxy) is 3. The lowest BCUT2D eigenvalue weighted by atomic mass is 9.95. The third-order valence-corrected chi connectivity index (χ3v) is 6.81. The number of halogens is 1. The van der Waals surface area contributed by atoms with Crippen LogP contribution in [0.15, 0.2) is 24.3 Å². The van der Waals surface area contributed by atoms with Gasteiger partial charge < -0.3 is 34.9 Å². The second-order valence-corrected chi connectivity index (χ2v) is 9.59. The maximum atomic E-state index is 13.6. The first kappa shape index (κ1) is 26.7. The summed E-state index contributed by atoms with van der Waals surface area (Å²) in [6.07, 6.45) is 0.793. The van der Waals surface area contributed by atoms with E-state index in [9.17, 15) is 19.1 Å². The Morgan fingerprint density at radius 2 is 1.97 bits per heavy atom. The van der Waals surface area contributed by atoms with Crippen LogP contribution in [0.5, 0.6) is 0 Å². The van der Waals surface area contributed by atoms with Crippen LogP contribution in [0.25, 0.3) is 0 Å². The number of rotatable bonds is 7. The molecule has 10 nitrogen and oxygen atoms in total. The average molecular weight is 509 g/mol. The van der Waals surface area contributed by atoms with Crippen LogP contribution in [0, 0.1) is 5.82 Å². The summed E-state index contributed by atoms with van der Waals surface area (Å²) in [6, 6.07) is 4.91. The van der Waals surface area contributed by atoms with Gasteiger partial charge in [0.2, 0.25) is 5.91 Å². The lowest BCUT2D eigenvalue weighted by Crippen LogP contribution is -2.58. The number of carbonyl (C=O) groups excluding carboxylic acids is 2. The summed E-state index contributed by atoms with van der Waals surface area (Å²) >= 11 is 0. The van der Waals surface area contributed by atoms with Gasteiger partial charge in [0.15, 0.2) is 0 Å². The molecule has 0 unspecified atom stereocenters. The molecule has 3 heterocycles. The van der Waals surface area contributed by atoms with Gasteiger partial charge >= 0.3 is 6.03 Å². The summed E-state index contributed by atoms with van der Waals surface area (Å²) in [5, 5.41) is 16.0. The van der Waals surface area contributed by atoms with Crippen LogP contribution in [-0.2, 0) is 19.0 Å². The molecular weight excluding hydrogens is 471 g/mol. The quantitative estimate of drug-likeness (QED) is 0.475. The molecular formula is C25H37FN4O6. The van der Waals surface area contributed by atoms with Gasteiger partial charge in [0.25, 0.3) is 0 Å². The largest absolute Gasteiger partial charge is 0.389 e. The number of nitrogens with one attached hydrogen (secondary N) is 2. The highest BCUT2D eigenvalue weighted by atomic mass is 19.1. The standard InChI is InChI=1S/C25H37FN4O6/c26-18-3-1-4-19(13-18)28-25(33)30-15-20(31)16-35-17-23-22(30)6-5-21(36-23)14-24(32)27-7-2-8-29-9-11-34-12-10-29/h1,3-4,13,20-23,31H,2,5-12,14-17H2,(H,27,32)(H,28,33)/t20-,21+,22+,23-/m0/s1. The number of aliphatic hydroxyl groups excluding tert-OH is 1. The number of β-amino-alcohol motifs (C(OH)–C–C–N with tert-alkyl or cyclic N) is 1. The lowest BCUT2D eigenvalue weighted by molar-refractivity contribution is -0.149. The van der Waals surface area contributed by atoms with Gasteiger partial charge in [-0.25, -0.2) is 9.18 Å². The zero-order valence-electron chi connectivity index (χ0n) is 20.6. The molecule has 0 spiro atoms. The fourth-order valence-corrected chi connectivity index (χ4v) is 4.97. The van der Waals surface area contributed by atoms with Gasteiger partial charge in [-0.05, 0) is 44.0 Å². The minimum absolute atomic E-state index is 0.0525. The van der Waals surface area contributed by atoms with Crippen LogP contribution in [0.1, 0.15) is 25.7 Å². The van der Waals surface area contributed by atoms with E-state index >= 15 is 0 Å². The number of benzene rings is 1. The van der Waals surface area contributed by atoms with Crippen LogP contribution < -0.4 is 10.6 Å². The van der Waals surface area contributed by atoms with Gasteiger partial charge in [-0.15, -0.1) is 0 Å². The van der Waals surface area contributed by atoms with Crippen molar-refractivity contribution in [1.29, 1.82) is 0 Å². The Hall–Kier alpha value is -2.31. The molecule has 36 heavy (non-hydrogen) atoms. The Balaban J connectivity index is 1.27. The molecule has 11 heteroatoms. The summed E-state index contributed by atoms with van der Waals surface area (Å²) in [5.74, 6) is -0.502. The third kappa shape index (κ3) is 7.84. The van der Waals surface area contributed by atoms with E-state index in [1.807, 2.05) is 0 Å². The smallest absolute Gasteiger partial charge is 0.322 e. The van der Waals surface area contributed by atoms with Crippen molar-refractivity contribution in [1.82, 2.24) is 15.1 Å². The Labute approximate surface area is 211 Å². The molecule has 4 atom stereocenters. The summed E-state index contributed by atoms with van der Waals surface area (Å²) in [7, 11) is 0. The normalized spacial score (nSPS) is 27.4. The highest BCUT2D eigenvalue weighted by molar-refractivity contribution is 5.89. The van der Waals surface area contributed by atoms with E-state index in [0.717, 1.165) is 39.3 Å². The van der Waals surface area contributed by atoms with Gasteiger partial charge in [-0.3, -0.25) is 9.69 Å². The molecule has 3 amide bonds. The van der Waals surface area contributed by atoms with Crippen molar-refractivity contribution < 1.29 is 33.3 Å². The molecule has 0 saturated carbocycles. The maximum Gasteiger partial charge on any atom is 0.322 e. The van der Waals surface area contributed by atoms with E-state index < -0.39 is 24.1 Å². The van der Waals surface area contributed by atoms with Crippen LogP contribution in [-0.4, -0.2) is 110 Å². The minimum Gasteiger partial charge on any atom is -0.389 e. The lowest BCUT2D eigenvalue weighted by Gasteiger charge is -2.44. The Morgan fingerprint density at radius 3 is 2.78 bits per heavy atom. The fraction of sp³-hybridized carbons (Fsp3) is 0.680. The van der Waals surface area contributed by atoms with E-state index in [2.05, 4.69) is 15.5 Å². The van der Waals surface area contributed by atoms with E-state index in [1.165, 1.54) is 18.2 Å². The van der Waals surface area contributed by atoms with E-state index in [1.54, 1.807) is 11.0 Å². The topological polar surface area (TPSA) is 113 Å². The average Bonchev–Trinajstić information content (AvgIpc) is 2.85. The van der Waals surface area contributed by atoms with Gasteiger partial charge in [0.05, 0.1) is 57.6 Å². The van der Waals surface area contributed by atoms with Crippen molar-refractivity contribution in [3.63, 3.8) is 0 Å². The van der Waals surface area contributed by atoms with E-state index in [4.69, 9.17) is 14.2 Å². The molecule has 0 aliphatic carbocycles. The first-order valence-electron chi connectivity index (χ1n) is 12.8. The predicted molar refractivity (Wildman–Crippen MR) is 130 cm³/mol. The number of morpholine rings is 1. The van der Waals surface area contributed by atoms with Crippen molar-refractivity contribution in [2.45, 2.75) is 50.0 Å². The van der Waals surface area contributed by atoms with E-state index in [0.29, 0.717) is 25.1 Å². The Kier molecular flexibility index (Phi) is 9.88. The Morgan fingerprint density at radius 1 is 1.14 bits per heavy atom. The summed E-state index contributed by atoms with van der Waals surface area (Å²) in [5.41, 5.74) is 0.337. The third-order valence-electron chi connectivity index (χ3n) is 6.81. The number of anilines is 1. The molecule has 3 aliphatic rings. The van der Waals surface area contributed by atoms with Gasteiger partial charge in [-0.2, -0.15) is 0 Å². The van der Waals surface area contributed by atoms with Gasteiger partial charge in [0, 0.05) is 25.3 Å².